The molecule has 4 nitrogen and oxygen atoms in total. The van der Waals surface area contributed by atoms with E-state index in [4.69, 9.17) is 10.5 Å². The van der Waals surface area contributed by atoms with Gasteiger partial charge in [0.05, 0.1) is 6.61 Å². The molecule has 1 heterocycles. The lowest BCUT2D eigenvalue weighted by atomic mass is 9.97. The molecule has 0 aliphatic carbocycles. The summed E-state index contributed by atoms with van der Waals surface area (Å²) in [7, 11) is 0. The van der Waals surface area contributed by atoms with Crippen molar-refractivity contribution in [2.75, 3.05) is 26.2 Å². The number of carbonyl (C=O) groups excluding carboxylic acids is 1. The lowest BCUT2D eigenvalue weighted by molar-refractivity contribution is -0.132. The molecule has 2 rings (SSSR count). The molecule has 0 bridgehead atoms. The topological polar surface area (TPSA) is 55.6 Å². The van der Waals surface area contributed by atoms with Gasteiger partial charge in [0.15, 0.2) is 0 Å². The number of aryl methyl sites for hydroxylation is 2. The first-order valence-corrected chi connectivity index (χ1v) is 8.78. The Morgan fingerprint density at radius 3 is 2.70 bits per heavy atom. The van der Waals surface area contributed by atoms with Crippen molar-refractivity contribution in [3.8, 4) is 5.75 Å². The highest BCUT2D eigenvalue weighted by Gasteiger charge is 2.21. The molecule has 0 unspecified atom stereocenters. The van der Waals surface area contributed by atoms with Crippen LogP contribution in [0.15, 0.2) is 18.2 Å². The van der Waals surface area contributed by atoms with Gasteiger partial charge in [0, 0.05) is 19.5 Å². The van der Waals surface area contributed by atoms with Crippen molar-refractivity contribution in [3.63, 3.8) is 0 Å². The lowest BCUT2D eigenvalue weighted by Gasteiger charge is -2.31. The minimum atomic E-state index is 0.284. The fourth-order valence-corrected chi connectivity index (χ4v) is 3.00. The Bertz CT molecular complexity index is 508. The monoisotopic (exact) mass is 318 g/mol. The number of nitrogens with zero attached hydrogens (tertiary/aromatic N) is 1. The minimum Gasteiger partial charge on any atom is -0.493 e. The summed E-state index contributed by atoms with van der Waals surface area (Å²) >= 11 is 0. The molecule has 1 saturated heterocycles. The lowest BCUT2D eigenvalue weighted by Crippen LogP contribution is -2.39. The molecule has 23 heavy (non-hydrogen) atoms. The maximum atomic E-state index is 12.2. The molecule has 1 aliphatic heterocycles. The van der Waals surface area contributed by atoms with Crippen molar-refractivity contribution in [1.29, 1.82) is 0 Å². The van der Waals surface area contributed by atoms with Gasteiger partial charge in [-0.1, -0.05) is 12.1 Å². The zero-order valence-electron chi connectivity index (χ0n) is 14.5. The Kier molecular flexibility index (Phi) is 6.90. The van der Waals surface area contributed by atoms with Gasteiger partial charge in [-0.25, -0.2) is 0 Å². The van der Waals surface area contributed by atoms with Crippen molar-refractivity contribution in [1.82, 2.24) is 4.90 Å². The summed E-state index contributed by atoms with van der Waals surface area (Å²) in [6, 6.07) is 6.25. The van der Waals surface area contributed by atoms with Crippen LogP contribution in [0.5, 0.6) is 5.75 Å². The van der Waals surface area contributed by atoms with Gasteiger partial charge >= 0.3 is 0 Å². The van der Waals surface area contributed by atoms with Gasteiger partial charge in [-0.2, -0.15) is 0 Å². The zero-order valence-corrected chi connectivity index (χ0v) is 14.5. The van der Waals surface area contributed by atoms with E-state index < -0.39 is 0 Å². The molecule has 0 aromatic heterocycles. The van der Waals surface area contributed by atoms with Gasteiger partial charge in [-0.3, -0.25) is 4.79 Å². The first kappa shape index (κ1) is 17.8. The van der Waals surface area contributed by atoms with E-state index in [0.29, 0.717) is 18.9 Å². The van der Waals surface area contributed by atoms with Gasteiger partial charge < -0.3 is 15.4 Å². The van der Waals surface area contributed by atoms with E-state index in [1.807, 2.05) is 4.90 Å². The number of carbonyl (C=O) groups is 1. The third kappa shape index (κ3) is 5.54. The summed E-state index contributed by atoms with van der Waals surface area (Å²) in [5.74, 6) is 1.84. The molecule has 0 saturated carbocycles. The van der Waals surface area contributed by atoms with Crippen LogP contribution in [0, 0.1) is 19.8 Å². The Labute approximate surface area is 140 Å². The van der Waals surface area contributed by atoms with Crippen molar-refractivity contribution >= 4 is 5.91 Å². The van der Waals surface area contributed by atoms with Gasteiger partial charge in [0.25, 0.3) is 0 Å². The number of amides is 1. The highest BCUT2D eigenvalue weighted by molar-refractivity contribution is 5.76. The molecule has 0 radical (unpaired) electrons. The zero-order chi connectivity index (χ0) is 16.7. The molecule has 4 heteroatoms. The second-order valence-electron chi connectivity index (χ2n) is 6.63. The van der Waals surface area contributed by atoms with Crippen LogP contribution in [0.3, 0.4) is 0 Å². The van der Waals surface area contributed by atoms with Crippen molar-refractivity contribution in [2.24, 2.45) is 11.7 Å². The van der Waals surface area contributed by atoms with Crippen molar-refractivity contribution in [3.05, 3.63) is 29.3 Å². The SMILES string of the molecule is Cc1ccc(C)c(OCCCCC(=O)N2CCC(CN)CC2)c1. The normalized spacial score (nSPS) is 15.7. The number of ether oxygens (including phenoxy) is 1. The van der Waals surface area contributed by atoms with Gasteiger partial charge in [-0.05, 0) is 69.2 Å². The number of hydrogen-bond acceptors (Lipinski definition) is 3. The van der Waals surface area contributed by atoms with Crippen LogP contribution in [0.2, 0.25) is 0 Å². The second-order valence-corrected chi connectivity index (χ2v) is 6.63. The number of benzene rings is 1. The van der Waals surface area contributed by atoms with E-state index in [2.05, 4.69) is 32.0 Å². The van der Waals surface area contributed by atoms with Gasteiger partial charge in [0.2, 0.25) is 5.91 Å². The fourth-order valence-electron chi connectivity index (χ4n) is 3.00. The fraction of sp³-hybridized carbons (Fsp3) is 0.632. The number of piperidine rings is 1. The quantitative estimate of drug-likeness (QED) is 0.786. The molecule has 128 valence electrons. The Morgan fingerprint density at radius 1 is 1.26 bits per heavy atom. The maximum Gasteiger partial charge on any atom is 0.222 e. The number of nitrogens with two attached hydrogens (primary N) is 1. The van der Waals surface area contributed by atoms with Crippen LogP contribution in [0.1, 0.15) is 43.2 Å². The van der Waals surface area contributed by atoms with Crippen LogP contribution < -0.4 is 10.5 Å². The van der Waals surface area contributed by atoms with E-state index in [-0.39, 0.29) is 5.91 Å². The molecule has 1 fully saturated rings. The van der Waals surface area contributed by atoms with E-state index >= 15 is 0 Å². The summed E-state index contributed by atoms with van der Waals surface area (Å²) in [6.07, 6.45) is 4.54. The van der Waals surface area contributed by atoms with Crippen molar-refractivity contribution in [2.45, 2.75) is 46.0 Å². The van der Waals surface area contributed by atoms with Gasteiger partial charge in [0.1, 0.15) is 5.75 Å². The predicted molar refractivity (Wildman–Crippen MR) is 93.6 cm³/mol. The van der Waals surface area contributed by atoms with Crippen LogP contribution >= 0.6 is 0 Å². The molecule has 1 amide bonds. The minimum absolute atomic E-state index is 0.284. The Balaban J connectivity index is 1.62. The van der Waals surface area contributed by atoms with E-state index in [0.717, 1.165) is 56.6 Å². The number of likely N-dealkylation sites (tertiary alicyclic amines) is 1. The average Bonchev–Trinajstić information content (AvgIpc) is 2.57. The summed E-state index contributed by atoms with van der Waals surface area (Å²) in [5.41, 5.74) is 8.06. The third-order valence-corrected chi connectivity index (χ3v) is 4.69. The predicted octanol–water partition coefficient (Wildman–Crippen LogP) is 3.05. The van der Waals surface area contributed by atoms with E-state index in [9.17, 15) is 4.79 Å². The molecule has 2 N–H and O–H groups in total. The molecule has 1 aromatic carbocycles. The van der Waals surface area contributed by atoms with Crippen LogP contribution in [0.25, 0.3) is 0 Å². The highest BCUT2D eigenvalue weighted by Crippen LogP contribution is 2.20. The maximum absolute atomic E-state index is 12.2. The summed E-state index contributed by atoms with van der Waals surface area (Å²) in [4.78, 5) is 14.2. The largest absolute Gasteiger partial charge is 0.493 e. The first-order chi connectivity index (χ1) is 11.1. The third-order valence-electron chi connectivity index (χ3n) is 4.69. The molecular weight excluding hydrogens is 288 g/mol. The number of rotatable bonds is 7. The average molecular weight is 318 g/mol. The molecule has 0 spiro atoms. The molecule has 1 aliphatic rings. The number of unbranched alkanes of at least 4 members (excludes halogenated alkanes) is 1. The Hall–Kier alpha value is -1.55. The molecule has 1 aromatic rings. The summed E-state index contributed by atoms with van der Waals surface area (Å²) in [6.45, 7) is 7.30. The standard InChI is InChI=1S/C19H30N2O2/c1-15-6-7-16(2)18(13-15)23-12-4-3-5-19(22)21-10-8-17(14-20)9-11-21/h6-7,13,17H,3-5,8-12,14,20H2,1-2H3. The summed E-state index contributed by atoms with van der Waals surface area (Å²) < 4.78 is 5.83. The number of hydrogen-bond donors (Lipinski definition) is 1. The van der Waals surface area contributed by atoms with Gasteiger partial charge in [-0.15, -0.1) is 0 Å². The van der Waals surface area contributed by atoms with E-state index in [1.165, 1.54) is 5.56 Å². The molecular formula is C19H30N2O2. The smallest absolute Gasteiger partial charge is 0.222 e. The van der Waals surface area contributed by atoms with Crippen molar-refractivity contribution < 1.29 is 9.53 Å². The van der Waals surface area contributed by atoms with Crippen LogP contribution in [-0.4, -0.2) is 37.0 Å². The van der Waals surface area contributed by atoms with Crippen LogP contribution in [0.4, 0.5) is 0 Å². The summed E-state index contributed by atoms with van der Waals surface area (Å²) in [5, 5.41) is 0. The Morgan fingerprint density at radius 2 is 2.00 bits per heavy atom. The highest BCUT2D eigenvalue weighted by atomic mass is 16.5. The van der Waals surface area contributed by atoms with Crippen LogP contribution in [-0.2, 0) is 4.79 Å². The second kappa shape index (κ2) is 8.92. The first-order valence-electron chi connectivity index (χ1n) is 8.78. The molecule has 0 atom stereocenters. The van der Waals surface area contributed by atoms with E-state index in [1.54, 1.807) is 0 Å².